The molecule has 10 heteroatoms. The normalized spacial score (nSPS) is 12.9. The summed E-state index contributed by atoms with van der Waals surface area (Å²) in [7, 11) is -4.97. The van der Waals surface area contributed by atoms with E-state index in [1.807, 2.05) is 0 Å². The van der Waals surface area contributed by atoms with Gasteiger partial charge in [0.25, 0.3) is 0 Å². The second-order valence-electron chi connectivity index (χ2n) is 2.40. The molecule has 9 nitrogen and oxygen atoms in total. The molecule has 0 saturated carbocycles. The second-order valence-corrected chi connectivity index (χ2v) is 3.56. The third kappa shape index (κ3) is 5.71. The van der Waals surface area contributed by atoms with Gasteiger partial charge in [-0.25, -0.2) is 14.5 Å². The summed E-state index contributed by atoms with van der Waals surface area (Å²) in [5.41, 5.74) is 5.07. The van der Waals surface area contributed by atoms with Crippen LogP contribution >= 0.6 is 7.82 Å². The maximum Gasteiger partial charge on any atom is 0.469 e. The van der Waals surface area contributed by atoms with Crippen molar-refractivity contribution < 1.29 is 21.6 Å². The number of aromatic nitrogens is 2. The Morgan fingerprint density at radius 3 is 2.62 bits per heavy atom. The quantitative estimate of drug-likeness (QED) is 0.473. The number of hydrogen-bond donors (Lipinski definition) is 5. The predicted molar refractivity (Wildman–Crippen MR) is 58.1 cm³/mol. The summed E-state index contributed by atoms with van der Waals surface area (Å²) in [4.78, 5) is 24.4. The Morgan fingerprint density at radius 1 is 1.62 bits per heavy atom. The fourth-order valence-corrected chi connectivity index (χ4v) is 0.892. The summed E-state index contributed by atoms with van der Waals surface area (Å²) in [5, 5.41) is 0. The zero-order valence-electron chi connectivity index (χ0n) is 10.6. The smallest absolute Gasteiger partial charge is 0.383 e. The summed E-state index contributed by atoms with van der Waals surface area (Å²) < 4.78 is 29.2. The van der Waals surface area contributed by atoms with Crippen LogP contribution < -0.4 is 18.0 Å². The Kier molecular flexibility index (Phi) is 5.26. The number of anilines is 1. The SMILES string of the molecule is N.N.[2H]C([2H])(OP(=O)(O)O)c1cn[13c](C)nc1N. The van der Waals surface area contributed by atoms with Gasteiger partial charge in [-0.15, -0.1) is 0 Å². The lowest BCUT2D eigenvalue weighted by Crippen LogP contribution is -2.02. The van der Waals surface area contributed by atoms with E-state index in [9.17, 15) is 4.57 Å². The van der Waals surface area contributed by atoms with Crippen LogP contribution in [0.5, 0.6) is 0 Å². The molecular formula is C6H16N5O4P. The van der Waals surface area contributed by atoms with Crippen molar-refractivity contribution in [1.82, 2.24) is 22.3 Å². The summed E-state index contributed by atoms with van der Waals surface area (Å²) in [5.74, 6) is 0.0826. The first kappa shape index (κ1) is 13.0. The number of nitrogens with two attached hydrogens (primary N) is 1. The maximum atomic E-state index is 10.5. The molecule has 0 aliphatic rings. The van der Waals surface area contributed by atoms with E-state index in [4.69, 9.17) is 18.3 Å². The van der Waals surface area contributed by atoms with Crippen LogP contribution in [0.3, 0.4) is 0 Å². The highest BCUT2D eigenvalue weighted by atomic mass is 31.2. The third-order valence-corrected chi connectivity index (χ3v) is 1.54. The van der Waals surface area contributed by atoms with Gasteiger partial charge in [-0.05, 0) is 6.92 Å². The van der Waals surface area contributed by atoms with Gasteiger partial charge >= 0.3 is 7.82 Å². The van der Waals surface area contributed by atoms with Gasteiger partial charge in [0, 0.05) is 11.8 Å². The van der Waals surface area contributed by atoms with Crippen molar-refractivity contribution in [2.24, 2.45) is 0 Å². The lowest BCUT2D eigenvalue weighted by atomic mass is 10.3. The van der Waals surface area contributed by atoms with E-state index in [1.165, 1.54) is 0 Å². The Bertz CT molecular complexity index is 454. The number of nitrogens with zero attached hydrogens (tertiary/aromatic N) is 2. The molecule has 0 amide bonds. The van der Waals surface area contributed by atoms with Crippen LogP contribution in [0.2, 0.25) is 0 Å². The first-order chi connectivity index (χ1) is 7.12. The van der Waals surface area contributed by atoms with Crippen molar-refractivity contribution in [3.05, 3.63) is 17.6 Å². The number of phosphoric acid groups is 1. The zero-order chi connectivity index (χ0) is 12.6. The molecule has 0 fully saturated rings. The van der Waals surface area contributed by atoms with Crippen molar-refractivity contribution in [2.75, 3.05) is 5.73 Å². The van der Waals surface area contributed by atoms with Gasteiger partial charge in [-0.2, -0.15) is 0 Å². The average Bonchev–Trinajstić information content (AvgIpc) is 1.97. The van der Waals surface area contributed by atoms with Crippen LogP contribution in [0.1, 0.15) is 14.1 Å². The Labute approximate surface area is 95.3 Å². The monoisotopic (exact) mass is 256 g/mol. The molecule has 1 aromatic heterocycles. The highest BCUT2D eigenvalue weighted by molar-refractivity contribution is 7.46. The number of hydrogen-bond acceptors (Lipinski definition) is 7. The van der Waals surface area contributed by atoms with E-state index in [-0.39, 0.29) is 23.7 Å². The van der Waals surface area contributed by atoms with E-state index in [1.54, 1.807) is 6.92 Å². The average molecular weight is 256 g/mol. The summed E-state index contributed by atoms with van der Waals surface area (Å²) in [6.45, 7) is -1.21. The van der Waals surface area contributed by atoms with Gasteiger partial charge in [0.15, 0.2) is 0 Å². The molecule has 10 N–H and O–H groups in total. The molecule has 0 unspecified atom stereocenters. The minimum atomic E-state index is -4.97. The summed E-state index contributed by atoms with van der Waals surface area (Å²) in [6.07, 6.45) is 1.02. The standard InChI is InChI=1S/C6H10N3O4P.2H3N/c1-4-8-2-5(6(7)9-4)3-13-14(10,11)12;;/h2H,3H2,1H3,(H2,7,8,9)(H2,10,11,12);2*1H3/i3D2,4+1;;. The molecule has 0 bridgehead atoms. The van der Waals surface area contributed by atoms with E-state index in [2.05, 4.69) is 14.5 Å². The van der Waals surface area contributed by atoms with Crippen molar-refractivity contribution in [3.63, 3.8) is 0 Å². The number of aryl methyl sites for hydroxylation is 1. The Balaban J connectivity index is 0. The van der Waals surface area contributed by atoms with E-state index >= 15 is 0 Å². The largest absolute Gasteiger partial charge is 0.469 e. The molecule has 0 aliphatic heterocycles. The third-order valence-electron chi connectivity index (χ3n) is 1.21. The van der Waals surface area contributed by atoms with Gasteiger partial charge in [-0.1, -0.05) is 0 Å². The van der Waals surface area contributed by atoms with Gasteiger partial charge in [0.05, 0.1) is 9.30 Å². The van der Waals surface area contributed by atoms with E-state index < -0.39 is 14.4 Å². The van der Waals surface area contributed by atoms with Crippen LogP contribution in [0.15, 0.2) is 6.20 Å². The highest BCUT2D eigenvalue weighted by Crippen LogP contribution is 2.37. The maximum absolute atomic E-state index is 10.5. The fraction of sp³-hybridized carbons (Fsp3) is 0.333. The van der Waals surface area contributed by atoms with Gasteiger partial charge in [0.2, 0.25) is 0 Å². The summed E-state index contributed by atoms with van der Waals surface area (Å²) in [6, 6.07) is 0. The first-order valence-corrected chi connectivity index (χ1v) is 5.01. The summed E-state index contributed by atoms with van der Waals surface area (Å²) >= 11 is 0. The zero-order valence-corrected chi connectivity index (χ0v) is 9.52. The van der Waals surface area contributed by atoms with Gasteiger partial charge in [-0.3, -0.25) is 4.52 Å². The molecular weight excluding hydrogens is 238 g/mol. The molecule has 0 spiro atoms. The fourth-order valence-electron chi connectivity index (χ4n) is 0.675. The first-order valence-electron chi connectivity index (χ1n) is 4.48. The van der Waals surface area contributed by atoms with Crippen molar-refractivity contribution >= 4 is 13.6 Å². The Morgan fingerprint density at radius 2 is 2.19 bits per heavy atom. The lowest BCUT2D eigenvalue weighted by Gasteiger charge is -2.06. The molecule has 0 saturated heterocycles. The van der Waals surface area contributed by atoms with Crippen LogP contribution in [-0.2, 0) is 15.6 Å². The molecule has 1 aromatic rings. The van der Waals surface area contributed by atoms with Crippen LogP contribution in [-0.4, -0.2) is 19.8 Å². The number of phosphoric ester groups is 1. The number of nitrogen functional groups attached to an aromatic ring is 1. The van der Waals surface area contributed by atoms with E-state index in [0.717, 1.165) is 6.20 Å². The van der Waals surface area contributed by atoms with Crippen molar-refractivity contribution in [1.29, 1.82) is 0 Å². The molecule has 16 heavy (non-hydrogen) atoms. The van der Waals surface area contributed by atoms with Crippen LogP contribution in [0, 0.1) is 6.92 Å². The highest BCUT2D eigenvalue weighted by Gasteiger charge is 2.15. The molecule has 0 atom stereocenters. The minimum absolute atomic E-state index is 0. The second kappa shape index (κ2) is 6.48. The Hall–Kier alpha value is -1.09. The lowest BCUT2D eigenvalue weighted by molar-refractivity contribution is 0.189. The molecule has 0 aliphatic carbocycles. The topological polar surface area (TPSA) is 189 Å². The minimum Gasteiger partial charge on any atom is -0.383 e. The molecule has 0 aromatic carbocycles. The van der Waals surface area contributed by atoms with Gasteiger partial charge in [0.1, 0.15) is 11.6 Å². The van der Waals surface area contributed by atoms with Gasteiger partial charge < -0.3 is 27.8 Å². The molecule has 0 radical (unpaired) electrons. The van der Waals surface area contributed by atoms with Crippen molar-refractivity contribution in [3.8, 4) is 0 Å². The van der Waals surface area contributed by atoms with Crippen LogP contribution in [0.25, 0.3) is 0 Å². The molecule has 1 rings (SSSR count). The molecule has 1 heterocycles. The molecule has 94 valence electrons. The number of rotatable bonds is 3. The van der Waals surface area contributed by atoms with Crippen LogP contribution in [0.4, 0.5) is 5.82 Å². The van der Waals surface area contributed by atoms with Crippen molar-refractivity contribution in [2.45, 2.75) is 13.5 Å². The predicted octanol–water partition coefficient (Wildman–Crippen LogP) is 0.301. The van der Waals surface area contributed by atoms with E-state index in [0.29, 0.717) is 5.82 Å².